The van der Waals surface area contributed by atoms with Gasteiger partial charge in [0.25, 0.3) is 0 Å². The molecule has 1 aliphatic rings. The van der Waals surface area contributed by atoms with Gasteiger partial charge in [0.05, 0.1) is 28.7 Å². The fraction of sp³-hybridized carbons (Fsp3) is 0.333. The fourth-order valence-electron chi connectivity index (χ4n) is 2.34. The molecule has 3 rings (SSSR count). The van der Waals surface area contributed by atoms with E-state index in [1.807, 2.05) is 6.07 Å². The summed E-state index contributed by atoms with van der Waals surface area (Å²) in [6.07, 6.45) is 2.10. The lowest BCUT2D eigenvalue weighted by Crippen LogP contribution is -2.25. The van der Waals surface area contributed by atoms with Gasteiger partial charge >= 0.3 is 0 Å². The Balaban J connectivity index is 2.03. The highest BCUT2D eigenvalue weighted by Gasteiger charge is 2.31. The number of benzene rings is 1. The molecule has 1 amide bonds. The standard InChI is InChI=1S/C12H13ClN4O/c13-4-7-1-12(18)17(5-7)11-3-10-9(2-8(11)14)15-6-16-10/h2-3,6-7H,1,4-5,14H2,(H,15,16). The van der Waals surface area contributed by atoms with Crippen LogP contribution < -0.4 is 10.6 Å². The second-order valence-corrected chi connectivity index (χ2v) is 4.87. The number of rotatable bonds is 2. The number of aromatic nitrogens is 2. The summed E-state index contributed by atoms with van der Waals surface area (Å²) in [5.74, 6) is 0.767. The number of carbonyl (C=O) groups is 1. The van der Waals surface area contributed by atoms with E-state index in [1.165, 1.54) is 0 Å². The largest absolute Gasteiger partial charge is 0.397 e. The molecule has 94 valence electrons. The number of nitrogens with one attached hydrogen (secondary N) is 1. The summed E-state index contributed by atoms with van der Waals surface area (Å²) in [5.41, 5.74) is 8.99. The Morgan fingerprint density at radius 1 is 1.56 bits per heavy atom. The molecular formula is C12H13ClN4O. The van der Waals surface area contributed by atoms with Gasteiger partial charge in [0.2, 0.25) is 5.91 Å². The molecule has 2 aromatic rings. The summed E-state index contributed by atoms with van der Waals surface area (Å²) in [4.78, 5) is 20.8. The van der Waals surface area contributed by atoms with E-state index in [2.05, 4.69) is 9.97 Å². The predicted octanol–water partition coefficient (Wildman–Crippen LogP) is 1.74. The minimum atomic E-state index is 0.0715. The average Bonchev–Trinajstić information content (AvgIpc) is 2.93. The minimum absolute atomic E-state index is 0.0715. The van der Waals surface area contributed by atoms with Gasteiger partial charge in [0, 0.05) is 18.8 Å². The fourth-order valence-corrected chi connectivity index (χ4v) is 2.55. The van der Waals surface area contributed by atoms with Crippen molar-refractivity contribution in [2.75, 3.05) is 23.1 Å². The van der Waals surface area contributed by atoms with Gasteiger partial charge in [-0.3, -0.25) is 4.79 Å². The van der Waals surface area contributed by atoms with Crippen molar-refractivity contribution in [1.29, 1.82) is 0 Å². The van der Waals surface area contributed by atoms with Crippen LogP contribution in [0.25, 0.3) is 11.0 Å². The SMILES string of the molecule is Nc1cc2[nH]cnc2cc1N1CC(CCl)CC1=O. The van der Waals surface area contributed by atoms with Crippen molar-refractivity contribution >= 4 is 39.9 Å². The van der Waals surface area contributed by atoms with Crippen LogP contribution in [0, 0.1) is 5.92 Å². The highest BCUT2D eigenvalue weighted by atomic mass is 35.5. The highest BCUT2D eigenvalue weighted by Crippen LogP contribution is 2.32. The van der Waals surface area contributed by atoms with E-state index < -0.39 is 0 Å². The van der Waals surface area contributed by atoms with Crippen LogP contribution in [0.3, 0.4) is 0 Å². The molecule has 1 aromatic heterocycles. The maximum atomic E-state index is 12.0. The number of imidazole rings is 1. The van der Waals surface area contributed by atoms with Crippen molar-refractivity contribution in [3.8, 4) is 0 Å². The Labute approximate surface area is 109 Å². The minimum Gasteiger partial charge on any atom is -0.397 e. The van der Waals surface area contributed by atoms with Crippen LogP contribution >= 0.6 is 11.6 Å². The van der Waals surface area contributed by atoms with Crippen molar-refractivity contribution < 1.29 is 4.79 Å². The summed E-state index contributed by atoms with van der Waals surface area (Å²) < 4.78 is 0. The third-order valence-corrected chi connectivity index (χ3v) is 3.72. The topological polar surface area (TPSA) is 75.0 Å². The van der Waals surface area contributed by atoms with Crippen LogP contribution in [0.1, 0.15) is 6.42 Å². The second kappa shape index (κ2) is 4.17. The van der Waals surface area contributed by atoms with E-state index in [-0.39, 0.29) is 11.8 Å². The van der Waals surface area contributed by atoms with Crippen LogP contribution in [0.4, 0.5) is 11.4 Å². The highest BCUT2D eigenvalue weighted by molar-refractivity contribution is 6.18. The van der Waals surface area contributed by atoms with Crippen molar-refractivity contribution in [3.63, 3.8) is 0 Å². The van der Waals surface area contributed by atoms with Gasteiger partial charge in [-0.25, -0.2) is 4.98 Å². The molecular weight excluding hydrogens is 252 g/mol. The van der Waals surface area contributed by atoms with E-state index >= 15 is 0 Å². The van der Waals surface area contributed by atoms with E-state index in [0.29, 0.717) is 24.5 Å². The Morgan fingerprint density at radius 3 is 3.11 bits per heavy atom. The number of H-pyrrole nitrogens is 1. The number of nitrogens with two attached hydrogens (primary N) is 1. The van der Waals surface area contributed by atoms with Gasteiger partial charge in [-0.1, -0.05) is 0 Å². The quantitative estimate of drug-likeness (QED) is 0.641. The monoisotopic (exact) mass is 264 g/mol. The number of amides is 1. The van der Waals surface area contributed by atoms with E-state index in [9.17, 15) is 4.79 Å². The molecule has 2 heterocycles. The summed E-state index contributed by atoms with van der Waals surface area (Å²) in [7, 11) is 0. The van der Waals surface area contributed by atoms with E-state index in [1.54, 1.807) is 17.3 Å². The predicted molar refractivity (Wildman–Crippen MR) is 71.7 cm³/mol. The van der Waals surface area contributed by atoms with Gasteiger partial charge in [-0.15, -0.1) is 11.6 Å². The lowest BCUT2D eigenvalue weighted by Gasteiger charge is -2.18. The Morgan fingerprint density at radius 2 is 2.39 bits per heavy atom. The molecule has 0 radical (unpaired) electrons. The first-order chi connectivity index (χ1) is 8.69. The van der Waals surface area contributed by atoms with Crippen LogP contribution in [0.5, 0.6) is 0 Å². The maximum absolute atomic E-state index is 12.0. The molecule has 18 heavy (non-hydrogen) atoms. The van der Waals surface area contributed by atoms with Gasteiger partial charge in [0.15, 0.2) is 0 Å². The van der Waals surface area contributed by atoms with Gasteiger partial charge in [0.1, 0.15) is 0 Å². The van der Waals surface area contributed by atoms with Crippen molar-refractivity contribution in [3.05, 3.63) is 18.5 Å². The number of halogens is 1. The number of alkyl halides is 1. The van der Waals surface area contributed by atoms with Crippen LogP contribution in [0.15, 0.2) is 18.5 Å². The number of anilines is 2. The van der Waals surface area contributed by atoms with Gasteiger partial charge in [-0.2, -0.15) is 0 Å². The Bertz CT molecular complexity index is 609. The molecule has 0 aliphatic carbocycles. The molecule has 1 atom stereocenters. The lowest BCUT2D eigenvalue weighted by molar-refractivity contribution is -0.117. The van der Waals surface area contributed by atoms with Gasteiger partial charge in [-0.05, 0) is 18.1 Å². The molecule has 0 saturated carbocycles. The Kier molecular flexibility index (Phi) is 2.63. The number of carbonyl (C=O) groups excluding carboxylic acids is 1. The van der Waals surface area contributed by atoms with Crippen molar-refractivity contribution in [2.24, 2.45) is 5.92 Å². The van der Waals surface area contributed by atoms with Crippen molar-refractivity contribution in [1.82, 2.24) is 9.97 Å². The first-order valence-corrected chi connectivity index (χ1v) is 6.31. The summed E-state index contributed by atoms with van der Waals surface area (Å²) in [5, 5.41) is 0. The molecule has 0 bridgehead atoms. The molecule has 1 unspecified atom stereocenters. The molecule has 3 N–H and O–H groups in total. The van der Waals surface area contributed by atoms with Crippen LogP contribution in [0.2, 0.25) is 0 Å². The first kappa shape index (κ1) is 11.3. The number of aromatic amines is 1. The third-order valence-electron chi connectivity index (χ3n) is 3.28. The molecule has 1 saturated heterocycles. The Hall–Kier alpha value is -1.75. The number of hydrogen-bond acceptors (Lipinski definition) is 3. The maximum Gasteiger partial charge on any atom is 0.227 e. The number of fused-ring (bicyclic) bond motifs is 1. The van der Waals surface area contributed by atoms with Crippen molar-refractivity contribution in [2.45, 2.75) is 6.42 Å². The normalized spacial score (nSPS) is 19.9. The molecule has 6 heteroatoms. The zero-order valence-corrected chi connectivity index (χ0v) is 10.4. The number of hydrogen-bond donors (Lipinski definition) is 2. The molecule has 1 fully saturated rings. The second-order valence-electron chi connectivity index (χ2n) is 4.56. The molecule has 1 aromatic carbocycles. The van der Waals surface area contributed by atoms with E-state index in [0.717, 1.165) is 16.7 Å². The molecule has 5 nitrogen and oxygen atoms in total. The summed E-state index contributed by atoms with van der Waals surface area (Å²) >= 11 is 5.82. The number of nitrogens with zero attached hydrogens (tertiary/aromatic N) is 2. The smallest absolute Gasteiger partial charge is 0.227 e. The number of nitrogen functional groups attached to an aromatic ring is 1. The van der Waals surface area contributed by atoms with Crippen LogP contribution in [-0.2, 0) is 4.79 Å². The zero-order valence-electron chi connectivity index (χ0n) is 9.69. The van der Waals surface area contributed by atoms with Crippen LogP contribution in [-0.4, -0.2) is 28.3 Å². The first-order valence-electron chi connectivity index (χ1n) is 5.78. The molecule has 1 aliphatic heterocycles. The lowest BCUT2D eigenvalue weighted by atomic mass is 10.1. The zero-order chi connectivity index (χ0) is 12.7. The average molecular weight is 265 g/mol. The van der Waals surface area contributed by atoms with E-state index in [4.69, 9.17) is 17.3 Å². The molecule has 0 spiro atoms. The van der Waals surface area contributed by atoms with Gasteiger partial charge < -0.3 is 15.6 Å². The summed E-state index contributed by atoms with van der Waals surface area (Å²) in [6, 6.07) is 3.65. The summed E-state index contributed by atoms with van der Waals surface area (Å²) in [6.45, 7) is 0.627. The third kappa shape index (κ3) is 1.71.